The summed E-state index contributed by atoms with van der Waals surface area (Å²) in [5, 5.41) is 17.7. The Morgan fingerprint density at radius 1 is 1.00 bits per heavy atom. The number of carbonyl (C=O) groups is 3. The monoisotopic (exact) mass is 426 g/mol. The van der Waals surface area contributed by atoms with Crippen molar-refractivity contribution in [3.05, 3.63) is 41.7 Å². The zero-order valence-electron chi connectivity index (χ0n) is 12.9. The molecule has 0 bridgehead atoms. The molecular weight excluding hydrogens is 415 g/mol. The van der Waals surface area contributed by atoms with Gasteiger partial charge in [0, 0.05) is 4.88 Å². The molecule has 25 heavy (non-hydrogen) atoms. The minimum Gasteiger partial charge on any atom is -0.477 e. The lowest BCUT2D eigenvalue weighted by molar-refractivity contribution is 0.0597. The van der Waals surface area contributed by atoms with Crippen LogP contribution in [-0.4, -0.2) is 42.3 Å². The lowest BCUT2D eigenvalue weighted by Crippen LogP contribution is -1.98. The van der Waals surface area contributed by atoms with Crippen LogP contribution in [0.25, 0.3) is 0 Å². The molecule has 0 unspecified atom stereocenters. The van der Waals surface area contributed by atoms with Crippen LogP contribution >= 0.6 is 45.9 Å². The van der Waals surface area contributed by atoms with E-state index in [1.807, 2.05) is 0 Å². The highest BCUT2D eigenvalue weighted by molar-refractivity contribution is 7.16. The predicted octanol–water partition coefficient (Wildman–Crippen LogP) is 3.57. The van der Waals surface area contributed by atoms with Gasteiger partial charge in [0.05, 0.1) is 30.9 Å². The summed E-state index contributed by atoms with van der Waals surface area (Å²) in [6.07, 6.45) is 0. The maximum Gasteiger partial charge on any atom is 0.349 e. The van der Waals surface area contributed by atoms with Crippen LogP contribution in [0.1, 0.15) is 33.9 Å². The largest absolute Gasteiger partial charge is 0.477 e. The zero-order valence-corrected chi connectivity index (χ0v) is 16.0. The summed E-state index contributed by atoms with van der Waals surface area (Å²) in [5.74, 6) is -2.20. The lowest BCUT2D eigenvalue weighted by atomic mass is 10.4. The van der Waals surface area contributed by atoms with Crippen molar-refractivity contribution in [3.8, 4) is 0 Å². The molecule has 0 saturated carbocycles. The number of hydrogen-bond acceptors (Lipinski definition) is 8. The minimum atomic E-state index is -1.11. The highest BCUT2D eigenvalue weighted by Crippen LogP contribution is 2.28. The van der Waals surface area contributed by atoms with Crippen LogP contribution in [0.5, 0.6) is 0 Å². The van der Waals surface area contributed by atoms with Crippen molar-refractivity contribution >= 4 is 63.8 Å². The van der Waals surface area contributed by atoms with Crippen LogP contribution in [0.15, 0.2) is 12.1 Å². The summed E-state index contributed by atoms with van der Waals surface area (Å²) >= 11 is 13.2. The van der Waals surface area contributed by atoms with Gasteiger partial charge < -0.3 is 19.7 Å². The Labute approximate surface area is 160 Å². The van der Waals surface area contributed by atoms with E-state index in [1.165, 1.54) is 20.3 Å². The van der Waals surface area contributed by atoms with Crippen LogP contribution in [0, 0.1) is 0 Å². The van der Waals surface area contributed by atoms with Gasteiger partial charge in [-0.3, -0.25) is 0 Å². The number of halogens is 2. The number of carboxylic acid groups (broad SMARTS) is 1. The zero-order chi connectivity index (χ0) is 19.1. The first kappa shape index (κ1) is 21.4. The quantitative estimate of drug-likeness (QED) is 0.718. The van der Waals surface area contributed by atoms with E-state index in [-0.39, 0.29) is 21.4 Å². The number of thiophene rings is 2. The van der Waals surface area contributed by atoms with Crippen LogP contribution in [0.4, 0.5) is 0 Å². The van der Waals surface area contributed by atoms with Gasteiger partial charge in [-0.15, -0.1) is 22.7 Å². The summed E-state index contributed by atoms with van der Waals surface area (Å²) in [6.45, 7) is -0.110. The Morgan fingerprint density at radius 2 is 1.48 bits per heavy atom. The summed E-state index contributed by atoms with van der Waals surface area (Å²) in [4.78, 5) is 33.6. The van der Waals surface area contributed by atoms with Crippen LogP contribution < -0.4 is 0 Å². The van der Waals surface area contributed by atoms with Crippen molar-refractivity contribution in [3.63, 3.8) is 0 Å². The standard InChI is InChI=1S/C7H5ClO4S.C7H7ClO3S/c1-12-7(11)5-3(8)2-4(13-5)6(9)10;1-11-7(10)6-5(8)2-4(3-9)12-6/h2H,1H3,(H,9,10);2,9H,3H2,1H3. The molecule has 0 atom stereocenters. The second kappa shape index (κ2) is 9.73. The summed E-state index contributed by atoms with van der Waals surface area (Å²) in [5.41, 5.74) is 0. The molecule has 0 amide bonds. The SMILES string of the molecule is COC(=O)c1sc(C(=O)O)cc1Cl.COC(=O)c1sc(CO)cc1Cl. The first-order valence-electron chi connectivity index (χ1n) is 6.33. The van der Waals surface area contributed by atoms with Crippen LogP contribution in [0.2, 0.25) is 10.0 Å². The second-order valence-corrected chi connectivity index (χ2v) is 7.13. The molecule has 2 N–H and O–H groups in total. The average molecular weight is 427 g/mol. The number of esters is 2. The lowest BCUT2D eigenvalue weighted by Gasteiger charge is -1.93. The molecule has 0 fully saturated rings. The molecule has 136 valence electrons. The Balaban J connectivity index is 0.000000251. The number of rotatable bonds is 4. The van der Waals surface area contributed by atoms with E-state index in [2.05, 4.69) is 9.47 Å². The molecule has 0 radical (unpaired) electrons. The molecule has 0 aliphatic heterocycles. The molecule has 0 aliphatic carbocycles. The Bertz CT molecular complexity index is 782. The van der Waals surface area contributed by atoms with Gasteiger partial charge in [-0.05, 0) is 12.1 Å². The number of carboxylic acids is 1. The van der Waals surface area contributed by atoms with Gasteiger partial charge in [-0.2, -0.15) is 0 Å². The maximum absolute atomic E-state index is 11.0. The first-order chi connectivity index (χ1) is 11.7. The number of aliphatic hydroxyl groups is 1. The van der Waals surface area contributed by atoms with Gasteiger partial charge in [-0.25, -0.2) is 14.4 Å². The van der Waals surface area contributed by atoms with Crippen molar-refractivity contribution in [2.45, 2.75) is 6.61 Å². The number of aromatic carboxylic acids is 1. The van der Waals surface area contributed by atoms with Gasteiger partial charge in [0.1, 0.15) is 14.6 Å². The minimum absolute atomic E-state index is 0.0189. The van der Waals surface area contributed by atoms with Gasteiger partial charge >= 0.3 is 17.9 Å². The number of ether oxygens (including phenoxy) is 2. The fourth-order valence-corrected chi connectivity index (χ4v) is 3.82. The highest BCUT2D eigenvalue weighted by atomic mass is 35.5. The molecule has 7 nitrogen and oxygen atoms in total. The number of aliphatic hydroxyl groups excluding tert-OH is 1. The highest BCUT2D eigenvalue weighted by Gasteiger charge is 2.18. The third-order valence-corrected chi connectivity index (χ3v) is 5.56. The molecule has 0 saturated heterocycles. The average Bonchev–Trinajstić information content (AvgIpc) is 3.17. The summed E-state index contributed by atoms with van der Waals surface area (Å²) < 4.78 is 8.88. The van der Waals surface area contributed by atoms with Gasteiger partial charge in [-0.1, -0.05) is 23.2 Å². The first-order valence-corrected chi connectivity index (χ1v) is 8.72. The molecule has 11 heteroatoms. The molecule has 2 heterocycles. The van der Waals surface area contributed by atoms with Gasteiger partial charge in [0.2, 0.25) is 0 Å². The van der Waals surface area contributed by atoms with E-state index in [1.54, 1.807) is 6.07 Å². The predicted molar refractivity (Wildman–Crippen MR) is 94.2 cm³/mol. The molecule has 0 aromatic carbocycles. The molecular formula is C14H12Cl2O7S2. The third-order valence-electron chi connectivity index (χ3n) is 2.53. The van der Waals surface area contributed by atoms with Crippen molar-refractivity contribution in [2.75, 3.05) is 14.2 Å². The van der Waals surface area contributed by atoms with E-state index in [0.717, 1.165) is 22.7 Å². The van der Waals surface area contributed by atoms with E-state index in [9.17, 15) is 14.4 Å². The normalized spacial score (nSPS) is 9.80. The second-order valence-electron chi connectivity index (χ2n) is 4.12. The van der Waals surface area contributed by atoms with E-state index in [0.29, 0.717) is 14.8 Å². The Morgan fingerprint density at radius 3 is 1.84 bits per heavy atom. The fraction of sp³-hybridized carbons (Fsp3) is 0.214. The van der Waals surface area contributed by atoms with Crippen molar-refractivity contribution in [2.24, 2.45) is 0 Å². The molecule has 2 aromatic heterocycles. The molecule has 2 rings (SSSR count). The maximum atomic E-state index is 11.0. The van der Waals surface area contributed by atoms with Gasteiger partial charge in [0.25, 0.3) is 0 Å². The Kier molecular flexibility index (Phi) is 8.33. The number of methoxy groups -OCH3 is 2. The topological polar surface area (TPSA) is 110 Å². The Hall–Kier alpha value is -1.65. The summed E-state index contributed by atoms with van der Waals surface area (Å²) in [6, 6.07) is 2.78. The van der Waals surface area contributed by atoms with E-state index >= 15 is 0 Å². The van der Waals surface area contributed by atoms with E-state index in [4.69, 9.17) is 33.4 Å². The van der Waals surface area contributed by atoms with E-state index < -0.39 is 17.9 Å². The molecule has 2 aromatic rings. The number of hydrogen-bond donors (Lipinski definition) is 2. The van der Waals surface area contributed by atoms with Crippen molar-refractivity contribution in [1.82, 2.24) is 0 Å². The molecule has 0 spiro atoms. The van der Waals surface area contributed by atoms with Crippen LogP contribution in [-0.2, 0) is 16.1 Å². The fourth-order valence-electron chi connectivity index (χ4n) is 1.43. The van der Waals surface area contributed by atoms with Crippen molar-refractivity contribution < 1.29 is 34.1 Å². The van der Waals surface area contributed by atoms with Crippen molar-refractivity contribution in [1.29, 1.82) is 0 Å². The van der Waals surface area contributed by atoms with Gasteiger partial charge in [0.15, 0.2) is 0 Å². The third kappa shape index (κ3) is 5.68. The summed E-state index contributed by atoms with van der Waals surface area (Å²) in [7, 11) is 2.50. The van der Waals surface area contributed by atoms with Crippen LogP contribution in [0.3, 0.4) is 0 Å². The molecule has 0 aliphatic rings. The smallest absolute Gasteiger partial charge is 0.349 e. The number of carbonyl (C=O) groups excluding carboxylic acids is 2.